The quantitative estimate of drug-likeness (QED) is 0.807. The molecule has 0 radical (unpaired) electrons. The number of fused-ring (bicyclic) bond motifs is 1. The predicted octanol–water partition coefficient (Wildman–Crippen LogP) is 3.85. The SMILES string of the molecule is Nc1c(Cl)[nH]c2ncc(C3CCCCC3)cc12. The third kappa shape index (κ3) is 1.89. The van der Waals surface area contributed by atoms with E-state index in [4.69, 9.17) is 17.3 Å². The van der Waals surface area contributed by atoms with Crippen LogP contribution in [0.3, 0.4) is 0 Å². The van der Waals surface area contributed by atoms with Crippen LogP contribution in [0.1, 0.15) is 43.6 Å². The van der Waals surface area contributed by atoms with Gasteiger partial charge in [-0.2, -0.15) is 0 Å². The molecular weight excluding hydrogens is 234 g/mol. The molecule has 3 rings (SSSR count). The summed E-state index contributed by atoms with van der Waals surface area (Å²) in [6, 6.07) is 2.15. The van der Waals surface area contributed by atoms with E-state index < -0.39 is 0 Å². The molecule has 4 heteroatoms. The molecule has 1 saturated carbocycles. The van der Waals surface area contributed by atoms with Crippen LogP contribution >= 0.6 is 11.6 Å². The number of halogens is 1. The van der Waals surface area contributed by atoms with Crippen molar-refractivity contribution in [2.75, 3.05) is 5.73 Å². The number of hydrogen-bond acceptors (Lipinski definition) is 2. The molecule has 3 N–H and O–H groups in total. The van der Waals surface area contributed by atoms with Crippen LogP contribution in [0.5, 0.6) is 0 Å². The number of nitrogens with zero attached hydrogens (tertiary/aromatic N) is 1. The number of nitrogens with two attached hydrogens (primary N) is 1. The minimum Gasteiger partial charge on any atom is -0.396 e. The second kappa shape index (κ2) is 4.22. The van der Waals surface area contributed by atoms with Crippen molar-refractivity contribution in [2.45, 2.75) is 38.0 Å². The van der Waals surface area contributed by atoms with E-state index in [1.54, 1.807) is 0 Å². The molecule has 0 aliphatic heterocycles. The van der Waals surface area contributed by atoms with E-state index in [2.05, 4.69) is 16.0 Å². The number of aromatic amines is 1. The Balaban J connectivity index is 2.02. The number of rotatable bonds is 1. The molecular formula is C13H16ClN3. The molecule has 0 unspecified atom stereocenters. The van der Waals surface area contributed by atoms with Gasteiger partial charge in [0.05, 0.1) is 5.69 Å². The standard InChI is InChI=1S/C13H16ClN3/c14-12-11(15)10-6-9(7-16-13(10)17-12)8-4-2-1-3-5-8/h6-8H,1-5,15H2,(H,16,17). The first kappa shape index (κ1) is 10.9. The molecule has 0 bridgehead atoms. The molecule has 2 heterocycles. The first-order valence-corrected chi connectivity index (χ1v) is 6.56. The van der Waals surface area contributed by atoms with Crippen molar-refractivity contribution in [2.24, 2.45) is 0 Å². The average molecular weight is 250 g/mol. The molecule has 0 aromatic carbocycles. The number of nitrogens with one attached hydrogen (secondary N) is 1. The zero-order valence-corrected chi connectivity index (χ0v) is 10.4. The average Bonchev–Trinajstić information content (AvgIpc) is 2.66. The molecule has 0 atom stereocenters. The van der Waals surface area contributed by atoms with Crippen LogP contribution in [-0.2, 0) is 0 Å². The van der Waals surface area contributed by atoms with Gasteiger partial charge in [0.1, 0.15) is 10.8 Å². The van der Waals surface area contributed by atoms with Gasteiger partial charge < -0.3 is 10.7 Å². The van der Waals surface area contributed by atoms with E-state index in [0.29, 0.717) is 16.8 Å². The third-order valence-corrected chi connectivity index (χ3v) is 4.04. The molecule has 90 valence electrons. The summed E-state index contributed by atoms with van der Waals surface area (Å²) in [5, 5.41) is 1.45. The maximum atomic E-state index is 5.97. The van der Waals surface area contributed by atoms with Crippen LogP contribution in [0, 0.1) is 0 Å². The fraction of sp³-hybridized carbons (Fsp3) is 0.462. The zero-order chi connectivity index (χ0) is 11.8. The van der Waals surface area contributed by atoms with Crippen molar-refractivity contribution < 1.29 is 0 Å². The Hall–Kier alpha value is -1.22. The lowest BCUT2D eigenvalue weighted by Crippen LogP contribution is -2.04. The maximum absolute atomic E-state index is 5.97. The number of H-pyrrole nitrogens is 1. The molecule has 1 aliphatic rings. The van der Waals surface area contributed by atoms with E-state index >= 15 is 0 Å². The summed E-state index contributed by atoms with van der Waals surface area (Å²) in [7, 11) is 0. The number of nitrogen functional groups attached to an aromatic ring is 1. The highest BCUT2D eigenvalue weighted by atomic mass is 35.5. The van der Waals surface area contributed by atoms with Gasteiger partial charge in [0, 0.05) is 11.6 Å². The smallest absolute Gasteiger partial charge is 0.140 e. The fourth-order valence-electron chi connectivity index (χ4n) is 2.73. The second-order valence-electron chi connectivity index (χ2n) is 4.85. The van der Waals surface area contributed by atoms with Crippen molar-refractivity contribution in [3.63, 3.8) is 0 Å². The Morgan fingerprint density at radius 2 is 2.06 bits per heavy atom. The Labute approximate surface area is 105 Å². The highest BCUT2D eigenvalue weighted by Gasteiger charge is 2.17. The van der Waals surface area contributed by atoms with Gasteiger partial charge in [-0.3, -0.25) is 0 Å². The van der Waals surface area contributed by atoms with Crippen molar-refractivity contribution in [1.82, 2.24) is 9.97 Å². The Morgan fingerprint density at radius 3 is 2.82 bits per heavy atom. The first-order chi connectivity index (χ1) is 8.25. The van der Waals surface area contributed by atoms with Gasteiger partial charge in [-0.15, -0.1) is 0 Å². The van der Waals surface area contributed by atoms with Gasteiger partial charge in [-0.25, -0.2) is 4.98 Å². The van der Waals surface area contributed by atoms with E-state index in [1.807, 2.05) is 6.20 Å². The summed E-state index contributed by atoms with van der Waals surface area (Å²) in [6.07, 6.45) is 8.52. The Morgan fingerprint density at radius 1 is 1.29 bits per heavy atom. The van der Waals surface area contributed by atoms with Crippen LogP contribution in [0.2, 0.25) is 5.15 Å². The van der Waals surface area contributed by atoms with Crippen LogP contribution in [0.4, 0.5) is 5.69 Å². The van der Waals surface area contributed by atoms with Crippen LogP contribution in [0.15, 0.2) is 12.3 Å². The van der Waals surface area contributed by atoms with E-state index in [0.717, 1.165) is 11.0 Å². The Kier molecular flexibility index (Phi) is 2.71. The molecule has 0 saturated heterocycles. The Bertz CT molecular complexity index is 541. The molecule has 17 heavy (non-hydrogen) atoms. The van der Waals surface area contributed by atoms with Crippen LogP contribution in [0.25, 0.3) is 11.0 Å². The molecule has 1 fully saturated rings. The molecule has 3 nitrogen and oxygen atoms in total. The summed E-state index contributed by atoms with van der Waals surface area (Å²) >= 11 is 5.97. The van der Waals surface area contributed by atoms with Gasteiger partial charge in [0.2, 0.25) is 0 Å². The second-order valence-corrected chi connectivity index (χ2v) is 5.23. The fourth-order valence-corrected chi connectivity index (χ4v) is 2.93. The van der Waals surface area contributed by atoms with Crippen molar-refractivity contribution >= 4 is 28.3 Å². The minimum absolute atomic E-state index is 0.494. The lowest BCUT2D eigenvalue weighted by Gasteiger charge is -2.21. The number of aromatic nitrogens is 2. The largest absolute Gasteiger partial charge is 0.396 e. The maximum Gasteiger partial charge on any atom is 0.140 e. The predicted molar refractivity (Wildman–Crippen MR) is 71.3 cm³/mol. The summed E-state index contributed by atoms with van der Waals surface area (Å²) in [5.41, 5.74) is 8.64. The van der Waals surface area contributed by atoms with Gasteiger partial charge in [-0.1, -0.05) is 30.9 Å². The normalized spacial score (nSPS) is 17.7. The monoisotopic (exact) mass is 249 g/mol. The lowest BCUT2D eigenvalue weighted by molar-refractivity contribution is 0.443. The van der Waals surface area contributed by atoms with E-state index in [9.17, 15) is 0 Å². The van der Waals surface area contributed by atoms with Crippen molar-refractivity contribution in [1.29, 1.82) is 0 Å². The summed E-state index contributed by atoms with van der Waals surface area (Å²) < 4.78 is 0. The highest BCUT2D eigenvalue weighted by Crippen LogP contribution is 2.35. The topological polar surface area (TPSA) is 54.7 Å². The molecule has 0 spiro atoms. The minimum atomic E-state index is 0.494. The zero-order valence-electron chi connectivity index (χ0n) is 9.67. The summed E-state index contributed by atoms with van der Waals surface area (Å²) in [4.78, 5) is 7.40. The summed E-state index contributed by atoms with van der Waals surface area (Å²) in [5.74, 6) is 0.647. The molecule has 0 amide bonds. The van der Waals surface area contributed by atoms with Gasteiger partial charge in [0.15, 0.2) is 0 Å². The van der Waals surface area contributed by atoms with Crippen molar-refractivity contribution in [3.05, 3.63) is 23.0 Å². The van der Waals surface area contributed by atoms with Crippen molar-refractivity contribution in [3.8, 4) is 0 Å². The van der Waals surface area contributed by atoms with Crippen LogP contribution < -0.4 is 5.73 Å². The number of pyridine rings is 1. The summed E-state index contributed by atoms with van der Waals surface area (Å²) in [6.45, 7) is 0. The third-order valence-electron chi connectivity index (χ3n) is 3.74. The van der Waals surface area contributed by atoms with E-state index in [1.165, 1.54) is 37.7 Å². The first-order valence-electron chi connectivity index (χ1n) is 6.18. The van der Waals surface area contributed by atoms with Gasteiger partial charge in [-0.05, 0) is 30.4 Å². The van der Waals surface area contributed by atoms with E-state index in [-0.39, 0.29) is 0 Å². The van der Waals surface area contributed by atoms with Gasteiger partial charge in [0.25, 0.3) is 0 Å². The molecule has 2 aromatic heterocycles. The van der Waals surface area contributed by atoms with Crippen LogP contribution in [-0.4, -0.2) is 9.97 Å². The highest BCUT2D eigenvalue weighted by molar-refractivity contribution is 6.34. The van der Waals surface area contributed by atoms with Gasteiger partial charge >= 0.3 is 0 Å². The molecule has 2 aromatic rings. The number of anilines is 1. The number of hydrogen-bond donors (Lipinski definition) is 2. The molecule has 1 aliphatic carbocycles. The lowest BCUT2D eigenvalue weighted by atomic mass is 9.84.